The second-order valence-electron chi connectivity index (χ2n) is 9.42. The van der Waals surface area contributed by atoms with Gasteiger partial charge in [-0.15, -0.1) is 0 Å². The average Bonchev–Trinajstić information content (AvgIpc) is 3.45. The Labute approximate surface area is 227 Å². The van der Waals surface area contributed by atoms with E-state index in [4.69, 9.17) is 0 Å². The second kappa shape index (κ2) is 10.3. The number of aliphatic imine (C=N–C) groups is 1. The molecule has 3 heterocycles. The number of fused-ring (bicyclic) bond motifs is 1. The Balaban J connectivity index is 1.36. The molecular formula is C26H20F6N4O3S. The van der Waals surface area contributed by atoms with Crippen LogP contribution in [-0.2, 0) is 28.5 Å². The van der Waals surface area contributed by atoms with Gasteiger partial charge < -0.3 is 10.0 Å². The predicted molar refractivity (Wildman–Crippen MR) is 135 cm³/mol. The van der Waals surface area contributed by atoms with E-state index in [9.17, 15) is 41.0 Å². The molecule has 3 aromatic rings. The Morgan fingerprint density at radius 2 is 1.88 bits per heavy atom. The summed E-state index contributed by atoms with van der Waals surface area (Å²) < 4.78 is 81.0. The van der Waals surface area contributed by atoms with E-state index in [0.29, 0.717) is 52.0 Å². The second-order valence-corrected chi connectivity index (χ2v) is 10.4. The fraction of sp³-hybridized carbons (Fsp3) is 0.308. The molecule has 1 aromatic heterocycles. The molecule has 7 nitrogen and oxygen atoms in total. The quantitative estimate of drug-likeness (QED) is 0.305. The van der Waals surface area contributed by atoms with Crippen molar-refractivity contribution in [3.63, 3.8) is 0 Å². The lowest BCUT2D eigenvalue weighted by atomic mass is 9.99. The summed E-state index contributed by atoms with van der Waals surface area (Å²) in [6.07, 6.45) is -5.66. The van der Waals surface area contributed by atoms with E-state index in [1.165, 1.54) is 10.9 Å². The molecule has 0 radical (unpaired) electrons. The number of halogens is 6. The number of thioether (sulfide) groups is 1. The van der Waals surface area contributed by atoms with Crippen molar-refractivity contribution in [2.45, 2.75) is 31.7 Å². The first-order valence-corrected chi connectivity index (χ1v) is 12.8. The van der Waals surface area contributed by atoms with Crippen LogP contribution < -0.4 is 0 Å². The normalized spacial score (nSPS) is 19.5. The summed E-state index contributed by atoms with van der Waals surface area (Å²) in [6, 6.07) is 6.43. The maximum atomic E-state index is 13.6. The monoisotopic (exact) mass is 582 g/mol. The molecule has 1 atom stereocenters. The lowest BCUT2D eigenvalue weighted by Gasteiger charge is -2.31. The van der Waals surface area contributed by atoms with E-state index in [1.54, 1.807) is 29.2 Å². The van der Waals surface area contributed by atoms with Gasteiger partial charge in [0.2, 0.25) is 0 Å². The van der Waals surface area contributed by atoms with Crippen molar-refractivity contribution >= 4 is 45.8 Å². The van der Waals surface area contributed by atoms with Crippen LogP contribution in [0.4, 0.5) is 26.3 Å². The van der Waals surface area contributed by atoms with Gasteiger partial charge in [-0.25, -0.2) is 0 Å². The number of alkyl halides is 6. The molecule has 40 heavy (non-hydrogen) atoms. The lowest BCUT2D eigenvalue weighted by Crippen LogP contribution is -2.40. The molecule has 0 bridgehead atoms. The number of aromatic nitrogens is 2. The number of benzene rings is 2. The number of amidine groups is 1. The maximum absolute atomic E-state index is 13.6. The molecule has 1 fully saturated rings. The number of carboxylic acids is 1. The topological polar surface area (TPSA) is 87.8 Å². The van der Waals surface area contributed by atoms with Gasteiger partial charge in [-0.3, -0.25) is 14.3 Å². The minimum atomic E-state index is -4.99. The minimum Gasteiger partial charge on any atom is -0.481 e. The van der Waals surface area contributed by atoms with Crippen LogP contribution in [0.2, 0.25) is 0 Å². The van der Waals surface area contributed by atoms with E-state index in [-0.39, 0.29) is 18.2 Å². The van der Waals surface area contributed by atoms with Crippen molar-refractivity contribution in [2.24, 2.45) is 10.9 Å². The Morgan fingerprint density at radius 1 is 1.10 bits per heavy atom. The van der Waals surface area contributed by atoms with E-state index in [2.05, 4.69) is 10.1 Å². The first-order valence-electron chi connectivity index (χ1n) is 12.0. The third kappa shape index (κ3) is 5.71. The molecule has 0 unspecified atom stereocenters. The van der Waals surface area contributed by atoms with Crippen molar-refractivity contribution in [3.8, 4) is 0 Å². The van der Waals surface area contributed by atoms with Crippen LogP contribution in [0.5, 0.6) is 0 Å². The molecule has 1 saturated heterocycles. The van der Waals surface area contributed by atoms with Gasteiger partial charge in [0.05, 0.1) is 40.2 Å². The molecule has 2 aliphatic heterocycles. The minimum absolute atomic E-state index is 0.101. The van der Waals surface area contributed by atoms with Gasteiger partial charge in [0.25, 0.3) is 5.91 Å². The molecule has 0 saturated carbocycles. The van der Waals surface area contributed by atoms with E-state index in [1.807, 2.05) is 0 Å². The highest BCUT2D eigenvalue weighted by Crippen LogP contribution is 2.38. The first kappa shape index (κ1) is 27.7. The van der Waals surface area contributed by atoms with Crippen LogP contribution >= 0.6 is 11.8 Å². The van der Waals surface area contributed by atoms with Crippen LogP contribution in [0.15, 0.2) is 52.5 Å². The lowest BCUT2D eigenvalue weighted by molar-refractivity contribution is -0.144. The molecule has 2 aliphatic rings. The predicted octanol–water partition coefficient (Wildman–Crippen LogP) is 5.89. The molecule has 5 rings (SSSR count). The highest BCUT2D eigenvalue weighted by Gasteiger charge is 2.38. The number of piperidine rings is 1. The highest BCUT2D eigenvalue weighted by molar-refractivity contribution is 8.18. The number of rotatable bonds is 4. The van der Waals surface area contributed by atoms with Crippen molar-refractivity contribution in [1.82, 2.24) is 14.7 Å². The SMILES string of the molecule is O=C1N=C(N2CCC[C@@H](C(=O)O)C2)S/C1=C\c1ccc2c(cnn2Cc2ccc(C(F)(F)F)cc2C(F)(F)F)c1. The number of amides is 1. The van der Waals surface area contributed by atoms with E-state index >= 15 is 0 Å². The number of carbonyl (C=O) groups excluding carboxylic acids is 1. The molecule has 1 N–H and O–H groups in total. The molecular weight excluding hydrogens is 562 g/mol. The maximum Gasteiger partial charge on any atom is 0.416 e. The summed E-state index contributed by atoms with van der Waals surface area (Å²) in [6.45, 7) is 0.452. The first-order chi connectivity index (χ1) is 18.8. The number of likely N-dealkylation sites (tertiary alicyclic amines) is 1. The van der Waals surface area contributed by atoms with Crippen molar-refractivity contribution in [2.75, 3.05) is 13.1 Å². The van der Waals surface area contributed by atoms with Gasteiger partial charge >= 0.3 is 18.3 Å². The van der Waals surface area contributed by atoms with Crippen LogP contribution in [0.25, 0.3) is 17.0 Å². The number of hydrogen-bond donors (Lipinski definition) is 1. The smallest absolute Gasteiger partial charge is 0.416 e. The molecule has 0 aliphatic carbocycles. The molecule has 0 spiro atoms. The average molecular weight is 583 g/mol. The summed E-state index contributed by atoms with van der Waals surface area (Å²) in [7, 11) is 0. The molecule has 2 aromatic carbocycles. The van der Waals surface area contributed by atoms with Crippen LogP contribution in [0.3, 0.4) is 0 Å². The Bertz CT molecular complexity index is 1560. The summed E-state index contributed by atoms with van der Waals surface area (Å²) >= 11 is 1.14. The fourth-order valence-electron chi connectivity index (χ4n) is 4.67. The summed E-state index contributed by atoms with van der Waals surface area (Å²) in [5.41, 5.74) is -2.09. The number of carboxylic acid groups (broad SMARTS) is 1. The van der Waals surface area contributed by atoms with Crippen molar-refractivity contribution in [1.29, 1.82) is 0 Å². The largest absolute Gasteiger partial charge is 0.481 e. The van der Waals surface area contributed by atoms with E-state index < -0.39 is 47.8 Å². The summed E-state index contributed by atoms with van der Waals surface area (Å²) in [5.74, 6) is -1.89. The van der Waals surface area contributed by atoms with Crippen LogP contribution in [-0.4, -0.2) is 49.9 Å². The van der Waals surface area contributed by atoms with E-state index in [0.717, 1.165) is 17.8 Å². The van der Waals surface area contributed by atoms with Crippen molar-refractivity contribution in [3.05, 3.63) is 69.8 Å². The van der Waals surface area contributed by atoms with Gasteiger partial charge in [0.15, 0.2) is 5.17 Å². The number of aliphatic carboxylic acids is 1. The van der Waals surface area contributed by atoms with Gasteiger partial charge in [-0.2, -0.15) is 36.4 Å². The molecule has 1 amide bonds. The number of hydrogen-bond acceptors (Lipinski definition) is 5. The summed E-state index contributed by atoms with van der Waals surface area (Å²) in [4.78, 5) is 30.1. The molecule has 14 heteroatoms. The summed E-state index contributed by atoms with van der Waals surface area (Å²) in [5, 5.41) is 14.4. The Hall–Kier alpha value is -3.81. The van der Waals surface area contributed by atoms with Gasteiger partial charge in [-0.05, 0) is 66.1 Å². The van der Waals surface area contributed by atoms with Gasteiger partial charge in [0, 0.05) is 18.5 Å². The Morgan fingerprint density at radius 3 is 2.58 bits per heavy atom. The van der Waals surface area contributed by atoms with Gasteiger partial charge in [0.1, 0.15) is 0 Å². The van der Waals surface area contributed by atoms with Crippen LogP contribution in [0.1, 0.15) is 35.1 Å². The number of nitrogens with zero attached hydrogens (tertiary/aromatic N) is 4. The third-order valence-electron chi connectivity index (χ3n) is 6.68. The zero-order valence-corrected chi connectivity index (χ0v) is 21.3. The highest BCUT2D eigenvalue weighted by atomic mass is 32.2. The standard InChI is InChI=1S/C26H20F6N4O3S/c27-25(28,29)18-5-4-15(19(10-18)26(30,31)32)13-36-20-6-3-14(8-17(20)11-33-36)9-21-22(37)34-24(40-21)35-7-1-2-16(12-35)23(38)39/h3-6,8-11,16H,1-2,7,12-13H2,(H,38,39)/b21-9-/t16-/m1/s1. The fourth-order valence-corrected chi connectivity index (χ4v) is 5.62. The third-order valence-corrected chi connectivity index (χ3v) is 7.72. The zero-order valence-electron chi connectivity index (χ0n) is 20.5. The van der Waals surface area contributed by atoms with Gasteiger partial charge in [-0.1, -0.05) is 12.1 Å². The van der Waals surface area contributed by atoms with Crippen LogP contribution in [0, 0.1) is 5.92 Å². The van der Waals surface area contributed by atoms with Crippen molar-refractivity contribution < 1.29 is 41.0 Å². The Kier molecular flexibility index (Phi) is 7.15. The number of carbonyl (C=O) groups is 2. The molecule has 210 valence electrons. The zero-order chi connectivity index (χ0) is 28.8.